The molecule has 2 aromatic heterocycles. The van der Waals surface area contributed by atoms with Crippen LogP contribution in [0.25, 0.3) is 33.4 Å². The number of aromatic nitrogens is 3. The first-order valence-corrected chi connectivity index (χ1v) is 8.97. The van der Waals surface area contributed by atoms with E-state index in [-0.39, 0.29) is 0 Å². The van der Waals surface area contributed by atoms with Crippen molar-refractivity contribution in [2.45, 2.75) is 13.8 Å². The summed E-state index contributed by atoms with van der Waals surface area (Å²) in [5.41, 5.74) is 5.31. The van der Waals surface area contributed by atoms with Crippen molar-refractivity contribution in [3.63, 3.8) is 0 Å². The second-order valence-corrected chi connectivity index (χ2v) is 6.96. The minimum absolute atomic E-state index is 0.406. The van der Waals surface area contributed by atoms with E-state index in [9.17, 15) is 9.59 Å². The Bertz CT molecular complexity index is 1310. The lowest BCUT2D eigenvalue weighted by Crippen LogP contribution is -2.28. The van der Waals surface area contributed by atoms with Gasteiger partial charge in [0.2, 0.25) is 0 Å². The second-order valence-electron chi connectivity index (χ2n) is 6.96. The highest BCUT2D eigenvalue weighted by Gasteiger charge is 2.21. The number of benzene rings is 2. The van der Waals surface area contributed by atoms with Crippen LogP contribution in [0.15, 0.2) is 52.1 Å². The van der Waals surface area contributed by atoms with Crippen molar-refractivity contribution in [1.29, 1.82) is 0 Å². The average molecular weight is 375 g/mol. The number of nitrogens with zero attached hydrogens (tertiary/aromatic N) is 1. The van der Waals surface area contributed by atoms with Gasteiger partial charge in [0.05, 0.1) is 18.2 Å². The van der Waals surface area contributed by atoms with Crippen molar-refractivity contribution >= 4 is 11.0 Å². The summed E-state index contributed by atoms with van der Waals surface area (Å²) < 4.78 is 6.69. The van der Waals surface area contributed by atoms with E-state index in [1.165, 1.54) is 4.57 Å². The SMILES string of the molecule is COc1ccc(-c2c(-c3ccc(C)cc3C)[nH]c3c2c(=O)[nH]c(=O)n3C)cc1. The molecule has 0 spiro atoms. The second kappa shape index (κ2) is 6.56. The molecule has 6 heteroatoms. The number of methoxy groups -OCH3 is 1. The van der Waals surface area contributed by atoms with Gasteiger partial charge >= 0.3 is 5.69 Å². The molecule has 0 radical (unpaired) electrons. The average Bonchev–Trinajstić information content (AvgIpc) is 3.07. The molecule has 4 rings (SSSR count). The van der Waals surface area contributed by atoms with E-state index in [2.05, 4.69) is 16.0 Å². The molecule has 2 N–H and O–H groups in total. The van der Waals surface area contributed by atoms with E-state index in [4.69, 9.17) is 4.74 Å². The fourth-order valence-corrected chi connectivity index (χ4v) is 3.65. The molecule has 2 heterocycles. The summed E-state index contributed by atoms with van der Waals surface area (Å²) in [6.45, 7) is 4.08. The minimum Gasteiger partial charge on any atom is -0.497 e. The van der Waals surface area contributed by atoms with Crippen LogP contribution in [0.1, 0.15) is 11.1 Å². The van der Waals surface area contributed by atoms with Crippen molar-refractivity contribution in [1.82, 2.24) is 14.5 Å². The van der Waals surface area contributed by atoms with Gasteiger partial charge in [0.15, 0.2) is 0 Å². The van der Waals surface area contributed by atoms with Crippen molar-refractivity contribution < 1.29 is 4.74 Å². The van der Waals surface area contributed by atoms with Crippen LogP contribution in [0, 0.1) is 13.8 Å². The van der Waals surface area contributed by atoms with Crippen molar-refractivity contribution in [3.8, 4) is 28.1 Å². The molecule has 0 saturated carbocycles. The van der Waals surface area contributed by atoms with Crippen LogP contribution in [0.4, 0.5) is 0 Å². The lowest BCUT2D eigenvalue weighted by Gasteiger charge is -2.09. The summed E-state index contributed by atoms with van der Waals surface area (Å²) in [6.07, 6.45) is 0. The van der Waals surface area contributed by atoms with E-state index >= 15 is 0 Å². The Morgan fingerprint density at radius 1 is 0.964 bits per heavy atom. The highest BCUT2D eigenvalue weighted by Crippen LogP contribution is 2.38. The number of aromatic amines is 2. The number of rotatable bonds is 3. The van der Waals surface area contributed by atoms with Crippen LogP contribution in [-0.2, 0) is 7.05 Å². The molecule has 0 atom stereocenters. The van der Waals surface area contributed by atoms with E-state index in [1.54, 1.807) is 14.2 Å². The zero-order chi connectivity index (χ0) is 20.0. The van der Waals surface area contributed by atoms with Gasteiger partial charge in [-0.15, -0.1) is 0 Å². The number of ether oxygens (including phenoxy) is 1. The number of hydrogen-bond donors (Lipinski definition) is 2. The van der Waals surface area contributed by atoms with Gasteiger partial charge in [-0.05, 0) is 37.1 Å². The van der Waals surface area contributed by atoms with Gasteiger partial charge in [0.25, 0.3) is 5.56 Å². The highest BCUT2D eigenvalue weighted by molar-refractivity contribution is 6.02. The van der Waals surface area contributed by atoms with E-state index in [0.29, 0.717) is 11.0 Å². The van der Waals surface area contributed by atoms with Crippen LogP contribution >= 0.6 is 0 Å². The molecule has 6 nitrogen and oxygen atoms in total. The number of aryl methyl sites for hydroxylation is 3. The third kappa shape index (κ3) is 2.74. The fraction of sp³-hybridized carbons (Fsp3) is 0.182. The smallest absolute Gasteiger partial charge is 0.329 e. The van der Waals surface area contributed by atoms with Gasteiger partial charge in [0.1, 0.15) is 11.4 Å². The first kappa shape index (κ1) is 17.9. The van der Waals surface area contributed by atoms with Gasteiger partial charge in [0, 0.05) is 18.2 Å². The molecular weight excluding hydrogens is 354 g/mol. The van der Waals surface area contributed by atoms with Gasteiger partial charge in [-0.1, -0.05) is 35.9 Å². The van der Waals surface area contributed by atoms with Crippen molar-refractivity contribution in [2.24, 2.45) is 7.05 Å². The maximum absolute atomic E-state index is 12.7. The van der Waals surface area contributed by atoms with Gasteiger partial charge in [-0.2, -0.15) is 0 Å². The molecule has 0 bridgehead atoms. The predicted molar refractivity (Wildman–Crippen MR) is 111 cm³/mol. The predicted octanol–water partition coefficient (Wildman–Crippen LogP) is 3.51. The third-order valence-electron chi connectivity index (χ3n) is 5.10. The summed E-state index contributed by atoms with van der Waals surface area (Å²) in [5.74, 6) is 0.734. The topological polar surface area (TPSA) is 79.9 Å². The van der Waals surface area contributed by atoms with Gasteiger partial charge < -0.3 is 9.72 Å². The Morgan fingerprint density at radius 2 is 1.68 bits per heavy atom. The van der Waals surface area contributed by atoms with Gasteiger partial charge in [-0.25, -0.2) is 4.79 Å². The number of hydrogen-bond acceptors (Lipinski definition) is 3. The van der Waals surface area contributed by atoms with E-state index < -0.39 is 11.2 Å². The summed E-state index contributed by atoms with van der Waals surface area (Å²) in [6, 6.07) is 13.7. The Kier molecular flexibility index (Phi) is 4.19. The van der Waals surface area contributed by atoms with Crippen LogP contribution in [0.5, 0.6) is 5.75 Å². The Labute approximate surface area is 161 Å². The van der Waals surface area contributed by atoms with Gasteiger partial charge in [-0.3, -0.25) is 14.3 Å². The van der Waals surface area contributed by atoms with E-state index in [1.807, 2.05) is 50.2 Å². The van der Waals surface area contributed by atoms with Crippen LogP contribution < -0.4 is 16.0 Å². The lowest BCUT2D eigenvalue weighted by molar-refractivity contribution is 0.415. The molecule has 142 valence electrons. The minimum atomic E-state index is -0.452. The number of fused-ring (bicyclic) bond motifs is 1. The fourth-order valence-electron chi connectivity index (χ4n) is 3.65. The van der Waals surface area contributed by atoms with Crippen LogP contribution in [0.2, 0.25) is 0 Å². The van der Waals surface area contributed by atoms with E-state index in [0.717, 1.165) is 39.3 Å². The molecule has 0 aliphatic heterocycles. The van der Waals surface area contributed by atoms with Crippen LogP contribution in [-0.4, -0.2) is 21.6 Å². The molecular formula is C22H21N3O3. The number of H-pyrrole nitrogens is 2. The first-order chi connectivity index (χ1) is 13.4. The molecule has 0 aliphatic carbocycles. The zero-order valence-electron chi connectivity index (χ0n) is 16.2. The molecule has 2 aromatic carbocycles. The first-order valence-electron chi connectivity index (χ1n) is 8.97. The van der Waals surface area contributed by atoms with Crippen molar-refractivity contribution in [3.05, 3.63) is 74.4 Å². The largest absolute Gasteiger partial charge is 0.497 e. The summed E-state index contributed by atoms with van der Waals surface area (Å²) in [7, 11) is 3.25. The summed E-state index contributed by atoms with van der Waals surface area (Å²) in [4.78, 5) is 30.6. The molecule has 0 aliphatic rings. The maximum atomic E-state index is 12.7. The highest BCUT2D eigenvalue weighted by atomic mass is 16.5. The quantitative estimate of drug-likeness (QED) is 0.575. The zero-order valence-corrected chi connectivity index (χ0v) is 16.2. The Balaban J connectivity index is 2.14. The summed E-state index contributed by atoms with van der Waals surface area (Å²) >= 11 is 0. The molecule has 28 heavy (non-hydrogen) atoms. The Hall–Kier alpha value is -3.54. The molecule has 0 amide bonds. The van der Waals surface area contributed by atoms with Crippen molar-refractivity contribution in [2.75, 3.05) is 7.11 Å². The molecule has 0 saturated heterocycles. The third-order valence-corrected chi connectivity index (χ3v) is 5.10. The normalized spacial score (nSPS) is 11.1. The lowest BCUT2D eigenvalue weighted by atomic mass is 9.96. The molecule has 0 fully saturated rings. The summed E-state index contributed by atoms with van der Waals surface area (Å²) in [5, 5.41) is 0.460. The standard InChI is InChI=1S/C22H21N3O3/c1-12-5-10-16(13(2)11-12)19-17(14-6-8-15(28-4)9-7-14)18-20(23-19)25(3)22(27)24-21(18)26/h5-11,23H,1-4H3,(H,24,26,27). The Morgan fingerprint density at radius 3 is 2.32 bits per heavy atom. The molecule has 4 aromatic rings. The molecule has 0 unspecified atom stereocenters. The number of nitrogens with one attached hydrogen (secondary N) is 2. The maximum Gasteiger partial charge on any atom is 0.329 e. The van der Waals surface area contributed by atoms with Crippen LogP contribution in [0.3, 0.4) is 0 Å². The monoisotopic (exact) mass is 375 g/mol.